The molecule has 0 aromatic heterocycles. The Hall–Kier alpha value is -2.04. The predicted octanol–water partition coefficient (Wildman–Crippen LogP) is 1.48. The van der Waals surface area contributed by atoms with Crippen LogP contribution in [-0.2, 0) is 16.0 Å². The molecule has 1 aromatic carbocycles. The van der Waals surface area contributed by atoms with Gasteiger partial charge in [0, 0.05) is 6.54 Å². The van der Waals surface area contributed by atoms with Crippen molar-refractivity contribution < 1.29 is 14.3 Å². The highest BCUT2D eigenvalue weighted by Crippen LogP contribution is 2.01. The Balaban J connectivity index is 2.06. The van der Waals surface area contributed by atoms with Gasteiger partial charge in [-0.2, -0.15) is 0 Å². The van der Waals surface area contributed by atoms with Gasteiger partial charge < -0.3 is 15.4 Å². The summed E-state index contributed by atoms with van der Waals surface area (Å²) in [5, 5.41) is 5.13. The second kappa shape index (κ2) is 8.97. The molecule has 0 radical (unpaired) electrons. The predicted molar refractivity (Wildman–Crippen MR) is 72.8 cm³/mol. The Morgan fingerprint density at radius 2 is 1.89 bits per heavy atom. The smallest absolute Gasteiger partial charge is 0.325 e. The van der Waals surface area contributed by atoms with Gasteiger partial charge in [-0.1, -0.05) is 30.3 Å². The lowest BCUT2D eigenvalue weighted by atomic mass is 10.1. The summed E-state index contributed by atoms with van der Waals surface area (Å²) in [6.45, 7) is 2.52. The third-order valence-electron chi connectivity index (χ3n) is 2.47. The molecule has 0 heterocycles. The Morgan fingerprint density at radius 1 is 1.16 bits per heavy atom. The van der Waals surface area contributed by atoms with E-state index >= 15 is 0 Å². The summed E-state index contributed by atoms with van der Waals surface area (Å²) in [7, 11) is 0. The van der Waals surface area contributed by atoms with Crippen LogP contribution in [-0.4, -0.2) is 31.7 Å². The molecule has 0 aliphatic heterocycles. The monoisotopic (exact) mass is 264 g/mol. The first kappa shape index (κ1) is 15.0. The van der Waals surface area contributed by atoms with Gasteiger partial charge in [-0.05, 0) is 25.3 Å². The van der Waals surface area contributed by atoms with Crippen LogP contribution in [0.15, 0.2) is 30.3 Å². The van der Waals surface area contributed by atoms with E-state index in [9.17, 15) is 9.59 Å². The average Bonchev–Trinajstić information content (AvgIpc) is 2.43. The molecule has 0 bridgehead atoms. The van der Waals surface area contributed by atoms with Crippen molar-refractivity contribution in [2.75, 3.05) is 19.7 Å². The van der Waals surface area contributed by atoms with Crippen LogP contribution < -0.4 is 10.6 Å². The fraction of sp³-hybridized carbons (Fsp3) is 0.429. The first-order valence-electron chi connectivity index (χ1n) is 6.43. The standard InChI is InChI=1S/C14H20N2O3/c1-2-19-13(17)11-16-14(18)15-10-6-9-12-7-4-3-5-8-12/h3-5,7-8H,2,6,9-11H2,1H3,(H2,15,16,18). The van der Waals surface area contributed by atoms with Crippen molar-refractivity contribution in [3.63, 3.8) is 0 Å². The maximum absolute atomic E-state index is 11.3. The van der Waals surface area contributed by atoms with Crippen molar-refractivity contribution in [3.05, 3.63) is 35.9 Å². The molecule has 19 heavy (non-hydrogen) atoms. The molecule has 1 rings (SSSR count). The highest BCUT2D eigenvalue weighted by Gasteiger charge is 2.04. The first-order chi connectivity index (χ1) is 9.22. The molecule has 5 heteroatoms. The van der Waals surface area contributed by atoms with E-state index in [4.69, 9.17) is 4.74 Å². The zero-order valence-corrected chi connectivity index (χ0v) is 11.1. The van der Waals surface area contributed by atoms with Crippen molar-refractivity contribution in [1.29, 1.82) is 0 Å². The molecule has 0 saturated carbocycles. The summed E-state index contributed by atoms with van der Waals surface area (Å²) in [5.74, 6) is -0.429. The molecule has 0 aliphatic carbocycles. The van der Waals surface area contributed by atoms with Crippen LogP contribution in [0.4, 0.5) is 4.79 Å². The Kier molecular flexibility index (Phi) is 7.09. The number of hydrogen-bond donors (Lipinski definition) is 2. The molecule has 0 aliphatic rings. The summed E-state index contributed by atoms with van der Waals surface area (Å²) in [5.41, 5.74) is 1.25. The van der Waals surface area contributed by atoms with Crippen LogP contribution in [0.2, 0.25) is 0 Å². The summed E-state index contributed by atoms with van der Waals surface area (Å²) in [6, 6.07) is 9.73. The zero-order valence-electron chi connectivity index (χ0n) is 11.1. The van der Waals surface area contributed by atoms with E-state index in [1.54, 1.807) is 6.92 Å². The maximum atomic E-state index is 11.3. The average molecular weight is 264 g/mol. The summed E-state index contributed by atoms with van der Waals surface area (Å²) in [6.07, 6.45) is 1.77. The number of benzene rings is 1. The minimum Gasteiger partial charge on any atom is -0.465 e. The van der Waals surface area contributed by atoms with Gasteiger partial charge in [-0.3, -0.25) is 4.79 Å². The van der Waals surface area contributed by atoms with Crippen molar-refractivity contribution >= 4 is 12.0 Å². The van der Waals surface area contributed by atoms with Gasteiger partial charge in [0.1, 0.15) is 6.54 Å². The number of amides is 2. The molecule has 0 unspecified atom stereocenters. The van der Waals surface area contributed by atoms with Gasteiger partial charge in [0.05, 0.1) is 6.61 Å². The van der Waals surface area contributed by atoms with Crippen molar-refractivity contribution in [2.45, 2.75) is 19.8 Å². The van der Waals surface area contributed by atoms with Crippen LogP contribution >= 0.6 is 0 Å². The third kappa shape index (κ3) is 7.08. The van der Waals surface area contributed by atoms with Crippen LogP contribution in [0.25, 0.3) is 0 Å². The minimum atomic E-state index is -0.429. The quantitative estimate of drug-likeness (QED) is 0.579. The SMILES string of the molecule is CCOC(=O)CNC(=O)NCCCc1ccccc1. The Morgan fingerprint density at radius 3 is 2.58 bits per heavy atom. The second-order valence-electron chi connectivity index (χ2n) is 4.00. The van der Waals surface area contributed by atoms with Gasteiger partial charge in [0.15, 0.2) is 0 Å². The third-order valence-corrected chi connectivity index (χ3v) is 2.47. The van der Waals surface area contributed by atoms with E-state index in [0.29, 0.717) is 13.2 Å². The summed E-state index contributed by atoms with van der Waals surface area (Å²) < 4.78 is 4.69. The topological polar surface area (TPSA) is 67.4 Å². The molecular weight excluding hydrogens is 244 g/mol. The molecule has 0 atom stereocenters. The lowest BCUT2D eigenvalue weighted by molar-refractivity contribution is -0.141. The molecule has 5 nitrogen and oxygen atoms in total. The van der Waals surface area contributed by atoms with Crippen LogP contribution in [0.5, 0.6) is 0 Å². The molecule has 1 aromatic rings. The van der Waals surface area contributed by atoms with E-state index in [2.05, 4.69) is 22.8 Å². The van der Waals surface area contributed by atoms with E-state index in [-0.39, 0.29) is 12.6 Å². The largest absolute Gasteiger partial charge is 0.465 e. The second-order valence-corrected chi connectivity index (χ2v) is 4.00. The molecule has 104 valence electrons. The van der Waals surface area contributed by atoms with Gasteiger partial charge >= 0.3 is 12.0 Å². The molecule has 0 spiro atoms. The van der Waals surface area contributed by atoms with Gasteiger partial charge in [0.2, 0.25) is 0 Å². The summed E-state index contributed by atoms with van der Waals surface area (Å²) >= 11 is 0. The number of nitrogens with one attached hydrogen (secondary N) is 2. The van der Waals surface area contributed by atoms with Crippen LogP contribution in [0, 0.1) is 0 Å². The van der Waals surface area contributed by atoms with E-state index in [0.717, 1.165) is 12.8 Å². The number of rotatable bonds is 7. The van der Waals surface area contributed by atoms with E-state index < -0.39 is 5.97 Å². The lowest BCUT2D eigenvalue weighted by Crippen LogP contribution is -2.39. The Bertz CT molecular complexity index is 393. The lowest BCUT2D eigenvalue weighted by Gasteiger charge is -2.07. The molecule has 0 saturated heterocycles. The number of urea groups is 1. The molecular formula is C14H20N2O3. The fourth-order valence-corrected chi connectivity index (χ4v) is 1.57. The summed E-state index contributed by atoms with van der Waals surface area (Å²) in [4.78, 5) is 22.3. The number of ether oxygens (including phenoxy) is 1. The van der Waals surface area contributed by atoms with Gasteiger partial charge in [-0.25, -0.2) is 4.79 Å². The van der Waals surface area contributed by atoms with Crippen LogP contribution in [0.1, 0.15) is 18.9 Å². The number of esters is 1. The van der Waals surface area contributed by atoms with Crippen molar-refractivity contribution in [3.8, 4) is 0 Å². The first-order valence-corrected chi connectivity index (χ1v) is 6.43. The number of carbonyl (C=O) groups excluding carboxylic acids is 2. The Labute approximate surface area is 113 Å². The molecule has 2 amide bonds. The molecule has 2 N–H and O–H groups in total. The maximum Gasteiger partial charge on any atom is 0.325 e. The normalized spacial score (nSPS) is 9.74. The van der Waals surface area contributed by atoms with Crippen LogP contribution in [0.3, 0.4) is 0 Å². The molecule has 0 fully saturated rings. The number of aryl methyl sites for hydroxylation is 1. The van der Waals surface area contributed by atoms with Gasteiger partial charge in [0.25, 0.3) is 0 Å². The van der Waals surface area contributed by atoms with Crippen molar-refractivity contribution in [2.24, 2.45) is 0 Å². The van der Waals surface area contributed by atoms with E-state index in [1.807, 2.05) is 18.2 Å². The number of carbonyl (C=O) groups is 2. The fourth-order valence-electron chi connectivity index (χ4n) is 1.57. The zero-order chi connectivity index (χ0) is 13.9. The van der Waals surface area contributed by atoms with Gasteiger partial charge in [-0.15, -0.1) is 0 Å². The van der Waals surface area contributed by atoms with E-state index in [1.165, 1.54) is 5.56 Å². The van der Waals surface area contributed by atoms with Crippen molar-refractivity contribution in [1.82, 2.24) is 10.6 Å². The minimum absolute atomic E-state index is 0.0989. The highest BCUT2D eigenvalue weighted by atomic mass is 16.5. The number of hydrogen-bond acceptors (Lipinski definition) is 3. The highest BCUT2D eigenvalue weighted by molar-refractivity contribution is 5.80.